The maximum Gasteiger partial charge on any atom is 0.341 e. The average molecular weight is 279 g/mol. The first kappa shape index (κ1) is 14.5. The zero-order chi connectivity index (χ0) is 13.8. The fraction of sp³-hybridized carbons (Fsp3) is 0.300. The van der Waals surface area contributed by atoms with Gasteiger partial charge in [-0.05, 0) is 18.2 Å². The molecule has 0 aliphatic carbocycles. The lowest BCUT2D eigenvalue weighted by Gasteiger charge is -2.06. The summed E-state index contributed by atoms with van der Waals surface area (Å²) in [6.07, 6.45) is 0.945. The average Bonchev–Trinajstić information content (AvgIpc) is 2.26. The van der Waals surface area contributed by atoms with Gasteiger partial charge in [0.2, 0.25) is 10.0 Å². The molecule has 1 aromatic carbocycles. The van der Waals surface area contributed by atoms with Crippen LogP contribution in [0.5, 0.6) is 0 Å². The van der Waals surface area contributed by atoms with Crippen LogP contribution in [-0.4, -0.2) is 33.8 Å². The van der Waals surface area contributed by atoms with Crippen molar-refractivity contribution >= 4 is 16.0 Å². The second kappa shape index (κ2) is 5.87. The largest absolute Gasteiger partial charge is 0.461 e. The first-order valence-electron chi connectivity index (χ1n) is 4.86. The number of halogens is 2. The number of sulfonamides is 1. The smallest absolute Gasteiger partial charge is 0.341 e. The Morgan fingerprint density at radius 3 is 2.67 bits per heavy atom. The summed E-state index contributed by atoms with van der Waals surface area (Å²) in [6.45, 7) is -0.413. The van der Waals surface area contributed by atoms with E-state index in [9.17, 15) is 22.0 Å². The van der Waals surface area contributed by atoms with Crippen LogP contribution < -0.4 is 4.72 Å². The van der Waals surface area contributed by atoms with Crippen molar-refractivity contribution in [1.29, 1.82) is 0 Å². The van der Waals surface area contributed by atoms with Crippen LogP contribution in [0.3, 0.4) is 0 Å². The summed E-state index contributed by atoms with van der Waals surface area (Å²) < 4.78 is 54.0. The summed E-state index contributed by atoms with van der Waals surface area (Å²) in [5.41, 5.74) is -0.533. The summed E-state index contributed by atoms with van der Waals surface area (Å²) in [6, 6.07) is 2.39. The van der Waals surface area contributed by atoms with E-state index < -0.39 is 33.2 Å². The molecular weight excluding hydrogens is 268 g/mol. The molecule has 0 saturated carbocycles. The van der Waals surface area contributed by atoms with Crippen LogP contribution in [0.1, 0.15) is 10.4 Å². The third kappa shape index (κ3) is 4.76. The molecule has 0 aromatic heterocycles. The normalized spacial score (nSPS) is 11.3. The van der Waals surface area contributed by atoms with Crippen LogP contribution in [0.4, 0.5) is 8.78 Å². The van der Waals surface area contributed by atoms with Crippen molar-refractivity contribution in [3.63, 3.8) is 0 Å². The molecule has 0 heterocycles. The molecule has 0 fully saturated rings. The molecule has 0 spiro atoms. The summed E-state index contributed by atoms with van der Waals surface area (Å²) in [5.74, 6) is -2.72. The molecule has 1 aromatic rings. The van der Waals surface area contributed by atoms with Crippen molar-refractivity contribution in [3.8, 4) is 0 Å². The Morgan fingerprint density at radius 2 is 2.06 bits per heavy atom. The third-order valence-electron chi connectivity index (χ3n) is 1.85. The fourth-order valence-electron chi connectivity index (χ4n) is 1.10. The van der Waals surface area contributed by atoms with E-state index in [1.54, 1.807) is 0 Å². The molecule has 0 aliphatic rings. The van der Waals surface area contributed by atoms with Gasteiger partial charge in [-0.25, -0.2) is 26.7 Å². The summed E-state index contributed by atoms with van der Waals surface area (Å²) in [7, 11) is -3.38. The molecule has 18 heavy (non-hydrogen) atoms. The highest BCUT2D eigenvalue weighted by atomic mass is 32.2. The number of benzene rings is 1. The van der Waals surface area contributed by atoms with Gasteiger partial charge in [0.25, 0.3) is 0 Å². The molecule has 0 bridgehead atoms. The number of carbonyl (C=O) groups is 1. The molecule has 0 saturated heterocycles. The lowest BCUT2D eigenvalue weighted by molar-refractivity contribution is 0.0507. The molecule has 0 atom stereocenters. The van der Waals surface area contributed by atoms with Gasteiger partial charge in [-0.15, -0.1) is 0 Å². The molecule has 100 valence electrons. The minimum Gasteiger partial charge on any atom is -0.461 e. The van der Waals surface area contributed by atoms with E-state index in [0.717, 1.165) is 18.4 Å². The van der Waals surface area contributed by atoms with E-state index >= 15 is 0 Å². The zero-order valence-electron chi connectivity index (χ0n) is 9.44. The summed E-state index contributed by atoms with van der Waals surface area (Å²) in [5, 5.41) is 0. The van der Waals surface area contributed by atoms with Gasteiger partial charge in [-0.1, -0.05) is 0 Å². The highest BCUT2D eigenvalue weighted by Gasteiger charge is 2.14. The van der Waals surface area contributed by atoms with Crippen LogP contribution in [0.25, 0.3) is 0 Å². The first-order chi connectivity index (χ1) is 8.29. The Bertz CT molecular complexity index is 545. The van der Waals surface area contributed by atoms with E-state index in [-0.39, 0.29) is 13.2 Å². The lowest BCUT2D eigenvalue weighted by Crippen LogP contribution is -2.27. The molecule has 8 heteroatoms. The maximum atomic E-state index is 13.1. The SMILES string of the molecule is CS(=O)(=O)NCCOC(=O)c1cc(F)ccc1F. The Hall–Kier alpha value is -1.54. The van der Waals surface area contributed by atoms with Crippen LogP contribution >= 0.6 is 0 Å². The molecule has 0 unspecified atom stereocenters. The molecule has 1 rings (SSSR count). The maximum absolute atomic E-state index is 13.1. The Balaban J connectivity index is 2.53. The zero-order valence-corrected chi connectivity index (χ0v) is 10.3. The second-order valence-electron chi connectivity index (χ2n) is 3.43. The highest BCUT2D eigenvalue weighted by molar-refractivity contribution is 7.88. The summed E-state index contributed by atoms with van der Waals surface area (Å²) >= 11 is 0. The van der Waals surface area contributed by atoms with Crippen LogP contribution in [-0.2, 0) is 14.8 Å². The molecule has 0 radical (unpaired) electrons. The highest BCUT2D eigenvalue weighted by Crippen LogP contribution is 2.10. The topological polar surface area (TPSA) is 72.5 Å². The second-order valence-corrected chi connectivity index (χ2v) is 5.26. The Kier molecular flexibility index (Phi) is 4.74. The Labute approximate surface area is 103 Å². The number of ether oxygens (including phenoxy) is 1. The van der Waals surface area contributed by atoms with E-state index in [0.29, 0.717) is 6.07 Å². The van der Waals surface area contributed by atoms with Crippen LogP contribution in [0.2, 0.25) is 0 Å². The van der Waals surface area contributed by atoms with Crippen molar-refractivity contribution in [2.45, 2.75) is 0 Å². The molecule has 0 amide bonds. The van der Waals surface area contributed by atoms with Crippen LogP contribution in [0.15, 0.2) is 18.2 Å². The minimum absolute atomic E-state index is 0.137. The predicted octanol–water partition coefficient (Wildman–Crippen LogP) is 0.671. The Morgan fingerprint density at radius 1 is 1.39 bits per heavy atom. The van der Waals surface area contributed by atoms with Gasteiger partial charge >= 0.3 is 5.97 Å². The number of hydrogen-bond donors (Lipinski definition) is 1. The van der Waals surface area contributed by atoms with Crippen molar-refractivity contribution in [2.75, 3.05) is 19.4 Å². The van der Waals surface area contributed by atoms with Gasteiger partial charge in [0, 0.05) is 6.54 Å². The van der Waals surface area contributed by atoms with E-state index in [4.69, 9.17) is 0 Å². The van der Waals surface area contributed by atoms with E-state index in [2.05, 4.69) is 9.46 Å². The van der Waals surface area contributed by atoms with Gasteiger partial charge in [0.1, 0.15) is 18.2 Å². The van der Waals surface area contributed by atoms with Crippen molar-refractivity contribution < 1.29 is 26.7 Å². The van der Waals surface area contributed by atoms with E-state index in [1.165, 1.54) is 0 Å². The molecule has 1 N–H and O–H groups in total. The molecule has 5 nitrogen and oxygen atoms in total. The van der Waals surface area contributed by atoms with Gasteiger partial charge in [0.15, 0.2) is 0 Å². The van der Waals surface area contributed by atoms with Gasteiger partial charge in [-0.3, -0.25) is 0 Å². The van der Waals surface area contributed by atoms with Gasteiger partial charge in [0.05, 0.1) is 11.8 Å². The number of rotatable bonds is 5. The van der Waals surface area contributed by atoms with Crippen molar-refractivity contribution in [3.05, 3.63) is 35.4 Å². The minimum atomic E-state index is -3.38. The van der Waals surface area contributed by atoms with Crippen molar-refractivity contribution in [2.24, 2.45) is 0 Å². The van der Waals surface area contributed by atoms with Gasteiger partial charge in [-0.2, -0.15) is 0 Å². The number of hydrogen-bond acceptors (Lipinski definition) is 4. The standard InChI is InChI=1S/C10H11F2NO4S/c1-18(15,16)13-4-5-17-10(14)8-6-7(11)2-3-9(8)12/h2-3,6,13H,4-5H2,1H3. The first-order valence-corrected chi connectivity index (χ1v) is 6.75. The predicted molar refractivity (Wildman–Crippen MR) is 59.5 cm³/mol. The fourth-order valence-corrected chi connectivity index (χ4v) is 1.56. The van der Waals surface area contributed by atoms with Crippen molar-refractivity contribution in [1.82, 2.24) is 4.72 Å². The van der Waals surface area contributed by atoms with Gasteiger partial charge < -0.3 is 4.74 Å². The number of carbonyl (C=O) groups excluding carboxylic acids is 1. The van der Waals surface area contributed by atoms with E-state index in [1.807, 2.05) is 0 Å². The summed E-state index contributed by atoms with van der Waals surface area (Å²) in [4.78, 5) is 11.3. The molecular formula is C10H11F2NO4S. The number of esters is 1. The monoisotopic (exact) mass is 279 g/mol. The van der Waals surface area contributed by atoms with Crippen LogP contribution in [0, 0.1) is 11.6 Å². The quantitative estimate of drug-likeness (QED) is 0.635. The number of nitrogens with one attached hydrogen (secondary N) is 1. The third-order valence-corrected chi connectivity index (χ3v) is 2.58. The molecule has 0 aliphatic heterocycles. The lowest BCUT2D eigenvalue weighted by atomic mass is 10.2.